The van der Waals surface area contributed by atoms with E-state index in [1.807, 2.05) is 50.1 Å². The van der Waals surface area contributed by atoms with Crippen LogP contribution in [0.15, 0.2) is 51.6 Å². The number of carbonyl (C=O) groups is 3. The van der Waals surface area contributed by atoms with Gasteiger partial charge in [-0.1, -0.05) is 35.5 Å². The second kappa shape index (κ2) is 10.3. The van der Waals surface area contributed by atoms with Crippen molar-refractivity contribution in [3.63, 3.8) is 0 Å². The Kier molecular flexibility index (Phi) is 7.52. The smallest absolute Gasteiger partial charge is 0.338 e. The Hall–Kier alpha value is -2.78. The van der Waals surface area contributed by atoms with E-state index in [0.29, 0.717) is 47.6 Å². The van der Waals surface area contributed by atoms with Gasteiger partial charge in [0.2, 0.25) is 11.8 Å². The van der Waals surface area contributed by atoms with Crippen molar-refractivity contribution < 1.29 is 19.1 Å². The van der Waals surface area contributed by atoms with Crippen LogP contribution >= 0.6 is 23.4 Å². The first-order valence-corrected chi connectivity index (χ1v) is 13.2. The van der Waals surface area contributed by atoms with Crippen LogP contribution in [0.5, 0.6) is 0 Å². The van der Waals surface area contributed by atoms with Crippen molar-refractivity contribution in [2.24, 2.45) is 4.99 Å². The molecule has 192 valence electrons. The number of amidine groups is 1. The lowest BCUT2D eigenvalue weighted by Gasteiger charge is -2.38. The molecule has 0 N–H and O–H groups in total. The quantitative estimate of drug-likeness (QED) is 0.539. The van der Waals surface area contributed by atoms with Crippen LogP contribution in [0.1, 0.15) is 52.6 Å². The van der Waals surface area contributed by atoms with Crippen molar-refractivity contribution in [2.45, 2.75) is 52.7 Å². The molecule has 1 fully saturated rings. The number of esters is 1. The first kappa shape index (κ1) is 26.3. The topological polar surface area (TPSA) is 82.5 Å². The van der Waals surface area contributed by atoms with Gasteiger partial charge in [0.15, 0.2) is 5.17 Å². The SMILES string of the molecule is CC(=O)N1CCN(C(=O)CC2=CSC3=NC(C)=C(C(=O)OC(C)(C)C)[C@@H](c4ccc(Cl)cc4)N23)CC1. The zero-order valence-corrected chi connectivity index (χ0v) is 22.8. The number of nitrogens with zero attached hydrogens (tertiary/aromatic N) is 4. The Labute approximate surface area is 221 Å². The number of fused-ring (bicyclic) bond motifs is 1. The summed E-state index contributed by atoms with van der Waals surface area (Å²) in [6, 6.07) is 6.84. The lowest BCUT2D eigenvalue weighted by molar-refractivity contribution is -0.150. The van der Waals surface area contributed by atoms with Crippen LogP contribution < -0.4 is 0 Å². The normalized spacial score (nSPS) is 20.2. The first-order valence-electron chi connectivity index (χ1n) is 11.9. The summed E-state index contributed by atoms with van der Waals surface area (Å²) in [7, 11) is 0. The molecule has 0 aliphatic carbocycles. The Bertz CT molecular complexity index is 1160. The van der Waals surface area contributed by atoms with E-state index in [9.17, 15) is 14.4 Å². The van der Waals surface area contributed by atoms with Gasteiger partial charge in [-0.3, -0.25) is 9.59 Å². The third-order valence-corrected chi connectivity index (χ3v) is 7.36. The molecule has 0 unspecified atom stereocenters. The van der Waals surface area contributed by atoms with E-state index in [-0.39, 0.29) is 18.2 Å². The van der Waals surface area contributed by atoms with E-state index in [4.69, 9.17) is 21.3 Å². The molecule has 1 saturated heterocycles. The lowest BCUT2D eigenvalue weighted by Crippen LogP contribution is -2.50. The average molecular weight is 531 g/mol. The summed E-state index contributed by atoms with van der Waals surface area (Å²) in [6.07, 6.45) is 0.164. The number of amides is 2. The van der Waals surface area contributed by atoms with Crippen LogP contribution in [0.25, 0.3) is 0 Å². The molecule has 3 aliphatic heterocycles. The van der Waals surface area contributed by atoms with Gasteiger partial charge < -0.3 is 19.4 Å². The number of hydrogen-bond donors (Lipinski definition) is 0. The fourth-order valence-corrected chi connectivity index (χ4v) is 5.55. The molecule has 8 nitrogen and oxygen atoms in total. The van der Waals surface area contributed by atoms with Crippen molar-refractivity contribution in [3.8, 4) is 0 Å². The van der Waals surface area contributed by atoms with Gasteiger partial charge in [-0.25, -0.2) is 9.79 Å². The largest absolute Gasteiger partial charge is 0.456 e. The molecule has 0 saturated carbocycles. The molecule has 2 amide bonds. The highest BCUT2D eigenvalue weighted by atomic mass is 35.5. The molecule has 36 heavy (non-hydrogen) atoms. The molecule has 10 heteroatoms. The van der Waals surface area contributed by atoms with Crippen LogP contribution in [0.2, 0.25) is 5.02 Å². The summed E-state index contributed by atoms with van der Waals surface area (Å²) >= 11 is 7.60. The molecule has 0 spiro atoms. The van der Waals surface area contributed by atoms with Crippen molar-refractivity contribution in [3.05, 3.63) is 57.2 Å². The Morgan fingerprint density at radius 3 is 2.28 bits per heavy atom. The zero-order chi connectivity index (χ0) is 26.2. The number of halogens is 1. The highest BCUT2D eigenvalue weighted by Crippen LogP contribution is 2.45. The summed E-state index contributed by atoms with van der Waals surface area (Å²) in [5.74, 6) is -0.439. The van der Waals surface area contributed by atoms with E-state index in [0.717, 1.165) is 11.3 Å². The van der Waals surface area contributed by atoms with Crippen LogP contribution in [-0.2, 0) is 19.1 Å². The van der Waals surface area contributed by atoms with Crippen LogP contribution in [0, 0.1) is 0 Å². The summed E-state index contributed by atoms with van der Waals surface area (Å²) in [6.45, 7) is 10.9. The van der Waals surface area contributed by atoms with Gasteiger partial charge >= 0.3 is 5.97 Å². The molecule has 4 rings (SSSR count). The van der Waals surface area contributed by atoms with Gasteiger partial charge in [-0.2, -0.15) is 0 Å². The number of hydrogen-bond acceptors (Lipinski definition) is 7. The van der Waals surface area contributed by atoms with Crippen molar-refractivity contribution in [1.82, 2.24) is 14.7 Å². The molecular weight excluding hydrogens is 500 g/mol. The molecule has 3 heterocycles. The molecule has 1 aromatic rings. The molecule has 0 bridgehead atoms. The summed E-state index contributed by atoms with van der Waals surface area (Å²) in [5.41, 5.74) is 1.97. The number of benzene rings is 1. The minimum Gasteiger partial charge on any atom is -0.456 e. The zero-order valence-electron chi connectivity index (χ0n) is 21.2. The number of piperazine rings is 1. The molecule has 3 aliphatic rings. The Balaban J connectivity index is 1.63. The summed E-state index contributed by atoms with van der Waals surface area (Å²) in [5, 5.41) is 3.23. The maximum absolute atomic E-state index is 13.4. The Morgan fingerprint density at radius 2 is 1.69 bits per heavy atom. The third kappa shape index (κ3) is 5.62. The molecular formula is C26H31ClN4O4S. The van der Waals surface area contributed by atoms with E-state index in [1.54, 1.807) is 28.9 Å². The van der Waals surface area contributed by atoms with Crippen LogP contribution in [-0.4, -0.2) is 69.4 Å². The minimum atomic E-state index is -0.671. The Morgan fingerprint density at radius 1 is 1.08 bits per heavy atom. The molecule has 0 aromatic heterocycles. The first-order chi connectivity index (χ1) is 16.9. The number of aliphatic imine (C=N–C) groups is 1. The summed E-state index contributed by atoms with van der Waals surface area (Å²) in [4.78, 5) is 48.5. The molecule has 1 aromatic carbocycles. The van der Waals surface area contributed by atoms with Gasteiger partial charge in [0.25, 0.3) is 0 Å². The van der Waals surface area contributed by atoms with E-state index >= 15 is 0 Å². The molecule has 0 radical (unpaired) electrons. The highest BCUT2D eigenvalue weighted by molar-refractivity contribution is 8.16. The van der Waals surface area contributed by atoms with Crippen molar-refractivity contribution in [2.75, 3.05) is 26.2 Å². The van der Waals surface area contributed by atoms with E-state index in [2.05, 4.69) is 0 Å². The average Bonchev–Trinajstić information content (AvgIpc) is 3.19. The van der Waals surface area contributed by atoms with Crippen LogP contribution in [0.4, 0.5) is 0 Å². The van der Waals surface area contributed by atoms with Gasteiger partial charge in [-0.15, -0.1) is 0 Å². The lowest BCUT2D eigenvalue weighted by atomic mass is 9.93. The monoisotopic (exact) mass is 530 g/mol. The van der Waals surface area contributed by atoms with Gasteiger partial charge in [0.1, 0.15) is 5.60 Å². The second-order valence-corrected chi connectivity index (χ2v) is 11.3. The van der Waals surface area contributed by atoms with E-state index < -0.39 is 17.6 Å². The minimum absolute atomic E-state index is 0.0220. The van der Waals surface area contributed by atoms with Crippen molar-refractivity contribution in [1.29, 1.82) is 0 Å². The standard InChI is InChI=1S/C26H31ClN4O4S/c1-16-22(24(34)35-26(3,4)5)23(18-6-8-19(27)9-7-18)31-20(15-36-25(31)28-16)14-21(33)30-12-10-29(11-13-30)17(2)32/h6-9,15,23H,10-14H2,1-5H3/t23-/m1/s1. The van der Waals surface area contributed by atoms with Gasteiger partial charge in [0, 0.05) is 43.8 Å². The van der Waals surface area contributed by atoms with Crippen LogP contribution in [0.3, 0.4) is 0 Å². The maximum Gasteiger partial charge on any atom is 0.338 e. The fraction of sp³-hybridized carbons (Fsp3) is 0.462. The number of rotatable bonds is 4. The maximum atomic E-state index is 13.4. The van der Waals surface area contributed by atoms with Gasteiger partial charge in [0.05, 0.1) is 23.7 Å². The highest BCUT2D eigenvalue weighted by Gasteiger charge is 2.42. The van der Waals surface area contributed by atoms with Gasteiger partial charge in [-0.05, 0) is 50.8 Å². The predicted octanol–water partition coefficient (Wildman–Crippen LogP) is 4.34. The van der Waals surface area contributed by atoms with Crippen molar-refractivity contribution >= 4 is 46.3 Å². The summed E-state index contributed by atoms with van der Waals surface area (Å²) < 4.78 is 5.76. The molecule has 1 atom stereocenters. The third-order valence-electron chi connectivity index (χ3n) is 6.22. The number of ether oxygens (including phenoxy) is 1. The second-order valence-electron chi connectivity index (χ2n) is 10.0. The number of allylic oxidation sites excluding steroid dienone is 1. The number of thioether (sulfide) groups is 1. The predicted molar refractivity (Wildman–Crippen MR) is 141 cm³/mol. The number of carbonyl (C=O) groups excluding carboxylic acids is 3. The van der Waals surface area contributed by atoms with E-state index in [1.165, 1.54) is 11.8 Å². The fourth-order valence-electron chi connectivity index (χ4n) is 4.46.